The first-order chi connectivity index (χ1) is 13.3. The summed E-state index contributed by atoms with van der Waals surface area (Å²) in [5.74, 6) is -1.92. The van der Waals surface area contributed by atoms with Crippen LogP contribution in [0.15, 0.2) is 36.4 Å². The molecule has 6 nitrogen and oxygen atoms in total. The van der Waals surface area contributed by atoms with Crippen molar-refractivity contribution in [2.24, 2.45) is 11.8 Å². The van der Waals surface area contributed by atoms with Crippen molar-refractivity contribution in [3.8, 4) is 10.4 Å². The number of aromatic carboxylic acids is 1. The molecular formula is C21H23NO5S. The minimum absolute atomic E-state index is 0.0606. The third kappa shape index (κ3) is 4.59. The third-order valence-corrected chi connectivity index (χ3v) is 6.07. The Hall–Kier alpha value is -2.67. The van der Waals surface area contributed by atoms with Gasteiger partial charge >= 0.3 is 11.9 Å². The number of hydrogen-bond acceptors (Lipinski definition) is 5. The molecule has 3 atom stereocenters. The molecule has 0 radical (unpaired) electrons. The molecule has 7 heteroatoms. The highest BCUT2D eigenvalue weighted by atomic mass is 32.1. The minimum atomic E-state index is -1.09. The van der Waals surface area contributed by atoms with Gasteiger partial charge in [-0.3, -0.25) is 9.59 Å². The quantitative estimate of drug-likeness (QED) is 0.724. The number of rotatable bonds is 5. The Labute approximate surface area is 167 Å². The Morgan fingerprint density at radius 2 is 1.89 bits per heavy atom. The van der Waals surface area contributed by atoms with Crippen molar-refractivity contribution in [2.45, 2.75) is 39.2 Å². The van der Waals surface area contributed by atoms with Crippen molar-refractivity contribution in [3.05, 3.63) is 42.0 Å². The van der Waals surface area contributed by atoms with E-state index in [0.29, 0.717) is 23.8 Å². The van der Waals surface area contributed by atoms with Crippen molar-refractivity contribution >= 4 is 34.2 Å². The predicted octanol–water partition coefficient (Wildman–Crippen LogP) is 4.42. The van der Waals surface area contributed by atoms with Gasteiger partial charge in [0.25, 0.3) is 0 Å². The lowest BCUT2D eigenvalue weighted by molar-refractivity contribution is -0.153. The van der Waals surface area contributed by atoms with Gasteiger partial charge in [-0.1, -0.05) is 37.3 Å². The number of carbonyl (C=O) groups excluding carboxylic acids is 2. The van der Waals surface area contributed by atoms with E-state index < -0.39 is 24.0 Å². The Morgan fingerprint density at radius 1 is 1.18 bits per heavy atom. The van der Waals surface area contributed by atoms with E-state index in [9.17, 15) is 19.5 Å². The number of thiophene rings is 1. The van der Waals surface area contributed by atoms with Crippen LogP contribution in [0.5, 0.6) is 0 Å². The summed E-state index contributed by atoms with van der Waals surface area (Å²) >= 11 is 1.23. The van der Waals surface area contributed by atoms with Crippen molar-refractivity contribution in [1.82, 2.24) is 0 Å². The van der Waals surface area contributed by atoms with Gasteiger partial charge in [-0.25, -0.2) is 4.79 Å². The molecule has 0 bridgehead atoms. The number of amides is 1. The topological polar surface area (TPSA) is 92.7 Å². The maximum atomic E-state index is 12.9. The van der Waals surface area contributed by atoms with E-state index in [0.717, 1.165) is 16.9 Å². The monoisotopic (exact) mass is 401 g/mol. The fourth-order valence-electron chi connectivity index (χ4n) is 3.56. The molecule has 2 aromatic rings. The summed E-state index contributed by atoms with van der Waals surface area (Å²) in [6.45, 7) is 3.40. The molecule has 28 heavy (non-hydrogen) atoms. The summed E-state index contributed by atoms with van der Waals surface area (Å²) in [5, 5.41) is 12.6. The molecule has 148 valence electrons. The van der Waals surface area contributed by atoms with Gasteiger partial charge in [0.15, 0.2) is 0 Å². The van der Waals surface area contributed by atoms with E-state index in [4.69, 9.17) is 4.74 Å². The molecule has 1 aliphatic rings. The van der Waals surface area contributed by atoms with E-state index >= 15 is 0 Å². The van der Waals surface area contributed by atoms with Crippen molar-refractivity contribution in [1.29, 1.82) is 0 Å². The highest BCUT2D eigenvalue weighted by molar-refractivity contribution is 7.20. The average molecular weight is 401 g/mol. The predicted molar refractivity (Wildman–Crippen MR) is 107 cm³/mol. The number of carboxylic acids is 1. The molecule has 0 aliphatic heterocycles. The van der Waals surface area contributed by atoms with Gasteiger partial charge in [-0.15, -0.1) is 11.3 Å². The van der Waals surface area contributed by atoms with E-state index in [1.165, 1.54) is 18.3 Å². The second kappa shape index (κ2) is 8.56. The van der Waals surface area contributed by atoms with Gasteiger partial charge in [0.05, 0.1) is 11.5 Å². The lowest BCUT2D eigenvalue weighted by Gasteiger charge is -2.33. The minimum Gasteiger partial charge on any atom is -0.478 e. The molecule has 1 heterocycles. The van der Waals surface area contributed by atoms with Crippen LogP contribution in [0, 0.1) is 11.8 Å². The normalized spacial score (nSPS) is 21.7. The molecule has 1 fully saturated rings. The average Bonchev–Trinajstić information content (AvgIpc) is 3.06. The summed E-state index contributed by atoms with van der Waals surface area (Å²) in [6, 6.07) is 11.0. The van der Waals surface area contributed by atoms with Gasteiger partial charge in [0, 0.05) is 11.8 Å². The molecule has 1 aromatic heterocycles. The van der Waals surface area contributed by atoms with Crippen LogP contribution < -0.4 is 5.32 Å². The van der Waals surface area contributed by atoms with Crippen LogP contribution >= 0.6 is 11.3 Å². The summed E-state index contributed by atoms with van der Waals surface area (Å²) in [5.41, 5.74) is 0.949. The van der Waals surface area contributed by atoms with Gasteiger partial charge in [-0.05, 0) is 36.8 Å². The van der Waals surface area contributed by atoms with Gasteiger partial charge in [0.2, 0.25) is 5.91 Å². The zero-order valence-electron chi connectivity index (χ0n) is 15.8. The van der Waals surface area contributed by atoms with E-state index in [-0.39, 0.29) is 11.5 Å². The molecular weight excluding hydrogens is 378 g/mol. The van der Waals surface area contributed by atoms with Crippen molar-refractivity contribution < 1.29 is 24.2 Å². The van der Waals surface area contributed by atoms with Crippen LogP contribution in [-0.2, 0) is 14.3 Å². The highest BCUT2D eigenvalue weighted by Crippen LogP contribution is 2.37. The van der Waals surface area contributed by atoms with Gasteiger partial charge < -0.3 is 15.2 Å². The maximum absolute atomic E-state index is 12.9. The number of anilines is 1. The molecule has 1 aliphatic carbocycles. The zero-order valence-corrected chi connectivity index (χ0v) is 16.6. The largest absolute Gasteiger partial charge is 0.478 e. The number of benzene rings is 1. The summed E-state index contributed by atoms with van der Waals surface area (Å²) in [6.07, 6.45) is 1.61. The Bertz CT molecular complexity index is 876. The lowest BCUT2D eigenvalue weighted by atomic mass is 9.80. The smallest absolute Gasteiger partial charge is 0.338 e. The standard InChI is InChI=1S/C21H23NO5S/c1-12-8-9-15(17(10-12)27-13(2)23)19(24)22-20-16(21(25)26)11-18(28-20)14-6-4-3-5-7-14/h3-7,11-12,15,17H,8-10H2,1-2H3,(H,22,24)(H,25,26)/t12-,15-,17+/m1/s1. The molecule has 1 saturated carbocycles. The van der Waals surface area contributed by atoms with Crippen LogP contribution in [0.4, 0.5) is 5.00 Å². The molecule has 2 N–H and O–H groups in total. The third-order valence-electron chi connectivity index (χ3n) is 4.97. The molecule has 1 aromatic carbocycles. The highest BCUT2D eigenvalue weighted by Gasteiger charge is 2.36. The van der Waals surface area contributed by atoms with E-state index in [1.54, 1.807) is 6.07 Å². The Balaban J connectivity index is 1.83. The second-order valence-electron chi connectivity index (χ2n) is 7.19. The zero-order chi connectivity index (χ0) is 20.3. The first-order valence-corrected chi connectivity index (χ1v) is 10.1. The number of carboxylic acid groups (broad SMARTS) is 1. The summed E-state index contributed by atoms with van der Waals surface area (Å²) in [4.78, 5) is 36.7. The number of hydrogen-bond donors (Lipinski definition) is 2. The second-order valence-corrected chi connectivity index (χ2v) is 8.24. The Kier molecular flexibility index (Phi) is 6.14. The fraction of sp³-hybridized carbons (Fsp3) is 0.381. The number of carbonyl (C=O) groups is 3. The number of esters is 1. The molecule has 0 spiro atoms. The van der Waals surface area contributed by atoms with E-state index in [2.05, 4.69) is 12.2 Å². The van der Waals surface area contributed by atoms with Gasteiger partial charge in [-0.2, -0.15) is 0 Å². The lowest BCUT2D eigenvalue weighted by Crippen LogP contribution is -2.40. The number of nitrogens with one attached hydrogen (secondary N) is 1. The fourth-order valence-corrected chi connectivity index (χ4v) is 4.62. The first kappa shape index (κ1) is 20.1. The number of ether oxygens (including phenoxy) is 1. The van der Waals surface area contributed by atoms with Crippen LogP contribution in [-0.4, -0.2) is 29.1 Å². The SMILES string of the molecule is CC(=O)O[C@H]1C[C@H](C)CC[C@H]1C(=O)Nc1sc(-c2ccccc2)cc1C(=O)O. The molecule has 0 unspecified atom stereocenters. The van der Waals surface area contributed by atoms with Gasteiger partial charge in [0.1, 0.15) is 11.1 Å². The van der Waals surface area contributed by atoms with Crippen LogP contribution in [0.2, 0.25) is 0 Å². The maximum Gasteiger partial charge on any atom is 0.338 e. The molecule has 3 rings (SSSR count). The summed E-state index contributed by atoms with van der Waals surface area (Å²) < 4.78 is 5.37. The summed E-state index contributed by atoms with van der Waals surface area (Å²) in [7, 11) is 0. The van der Waals surface area contributed by atoms with Crippen LogP contribution in [0.3, 0.4) is 0 Å². The molecule has 1 amide bonds. The van der Waals surface area contributed by atoms with Crippen molar-refractivity contribution in [3.63, 3.8) is 0 Å². The first-order valence-electron chi connectivity index (χ1n) is 9.25. The van der Waals surface area contributed by atoms with E-state index in [1.807, 2.05) is 30.3 Å². The molecule has 0 saturated heterocycles. The Morgan fingerprint density at radius 3 is 2.54 bits per heavy atom. The van der Waals surface area contributed by atoms with Crippen LogP contribution in [0.25, 0.3) is 10.4 Å². The van der Waals surface area contributed by atoms with Crippen LogP contribution in [0.1, 0.15) is 43.5 Å². The van der Waals surface area contributed by atoms with Crippen molar-refractivity contribution in [2.75, 3.05) is 5.32 Å².